The summed E-state index contributed by atoms with van der Waals surface area (Å²) in [5.41, 5.74) is 9.59. The largest absolute Gasteiger partial charge is 4.00 e. The van der Waals surface area contributed by atoms with Crippen LogP contribution < -0.4 is 0 Å². The number of benzene rings is 2. The van der Waals surface area contributed by atoms with Gasteiger partial charge in [-0.15, -0.1) is 0 Å². The van der Waals surface area contributed by atoms with Gasteiger partial charge in [0, 0.05) is 35.8 Å². The molecule has 0 aliphatic carbocycles. The minimum absolute atomic E-state index is 0. The maximum atomic E-state index is 4.98. The van der Waals surface area contributed by atoms with Gasteiger partial charge >= 0.3 is 25.8 Å². The summed E-state index contributed by atoms with van der Waals surface area (Å²) in [7, 11) is 0. The van der Waals surface area contributed by atoms with Crippen LogP contribution in [0.5, 0.6) is 0 Å². The topological polar surface area (TPSA) is 63.8 Å². The Bertz CT molecular complexity index is 1790. The Labute approximate surface area is 340 Å². The van der Waals surface area contributed by atoms with Crippen LogP contribution in [0.4, 0.5) is 23.0 Å². The van der Waals surface area contributed by atoms with Crippen molar-refractivity contribution in [1.82, 2.24) is 19.1 Å². The van der Waals surface area contributed by atoms with E-state index in [1.807, 2.05) is 12.1 Å². The van der Waals surface area contributed by atoms with E-state index in [0.717, 1.165) is 85.7 Å². The number of nitrogens with zero attached hydrogens (tertiary/aromatic N) is 6. The average Bonchev–Trinajstić information content (AvgIpc) is 3.73. The quantitative estimate of drug-likeness (QED) is 0.0808. The molecule has 4 heterocycles. The Morgan fingerprint density at radius 1 is 0.491 bits per heavy atom. The molecule has 6 rings (SSSR count). The van der Waals surface area contributed by atoms with E-state index in [1.54, 1.807) is 0 Å². The standard InChI is InChI=1S/2C22H28N3.2CH3.Hf/c2*1-5-8-17-10-7-11-18(9-6-2)21(17)23-20-13-12-19-14-15-25(16(3)4)22(19)24-20;;;/h2*7,10-16H,5-6,8-9H2,1-4H3;2*1H3;/q4*-1;+4. The number of para-hydroxylation sites is 2. The molecule has 0 unspecified atom stereocenters. The average molecular weight is 878 g/mol. The molecule has 6 nitrogen and oxygen atoms in total. The van der Waals surface area contributed by atoms with Crippen LogP contribution in [0.1, 0.15) is 115 Å². The van der Waals surface area contributed by atoms with Gasteiger partial charge in [-0.05, 0) is 110 Å². The van der Waals surface area contributed by atoms with Gasteiger partial charge in [0.05, 0.1) is 0 Å². The van der Waals surface area contributed by atoms with Crippen LogP contribution in [0.2, 0.25) is 0 Å². The molecule has 0 saturated heterocycles. The fourth-order valence-electron chi connectivity index (χ4n) is 6.68. The Kier molecular flexibility index (Phi) is 18.7. The summed E-state index contributed by atoms with van der Waals surface area (Å²) < 4.78 is 4.42. The maximum Gasteiger partial charge on any atom is 4.00 e. The SMILES string of the molecule is CCCc1cccc(CCC)c1[N-]c1ccc2ccn(C(C)C)c2n1.CCCc1cccc(CCC)c1[N-]c1ccc2ccn(C(C)C)c2n1.[CH3-].[CH3-].[Hf+4]. The van der Waals surface area contributed by atoms with Crippen molar-refractivity contribution in [3.63, 3.8) is 0 Å². The first-order valence-electron chi connectivity index (χ1n) is 18.9. The maximum absolute atomic E-state index is 4.98. The molecule has 0 N–H and O–H groups in total. The number of aromatic nitrogens is 4. The first kappa shape index (κ1) is 45.4. The van der Waals surface area contributed by atoms with Crippen LogP contribution in [0.15, 0.2) is 85.2 Å². The minimum Gasteiger partial charge on any atom is -0.436 e. The summed E-state index contributed by atoms with van der Waals surface area (Å²) in [5.74, 6) is 1.60. The van der Waals surface area contributed by atoms with E-state index in [2.05, 4.69) is 138 Å². The molecule has 0 aliphatic heterocycles. The molecule has 4 aromatic heterocycles. The van der Waals surface area contributed by atoms with Crippen molar-refractivity contribution in [2.24, 2.45) is 0 Å². The number of hydrogen-bond donors (Lipinski definition) is 0. The predicted octanol–water partition coefficient (Wildman–Crippen LogP) is 14.6. The van der Waals surface area contributed by atoms with E-state index in [0.29, 0.717) is 12.1 Å². The Balaban J connectivity index is 0.000000347. The fraction of sp³-hybridized carbons (Fsp3) is 0.391. The molecule has 0 amide bonds. The number of hydrogen-bond acceptors (Lipinski definition) is 2. The van der Waals surface area contributed by atoms with Crippen molar-refractivity contribution in [2.75, 3.05) is 0 Å². The predicted molar refractivity (Wildman–Crippen MR) is 227 cm³/mol. The molecule has 7 heteroatoms. The second-order valence-electron chi connectivity index (χ2n) is 13.9. The van der Waals surface area contributed by atoms with Gasteiger partial charge in [-0.2, -0.15) is 0 Å². The third kappa shape index (κ3) is 11.2. The van der Waals surface area contributed by atoms with Crippen molar-refractivity contribution in [2.45, 2.75) is 119 Å². The van der Waals surface area contributed by atoms with Gasteiger partial charge in [-0.25, -0.2) is 0 Å². The molecule has 0 bridgehead atoms. The van der Waals surface area contributed by atoms with E-state index in [1.165, 1.54) is 33.0 Å². The summed E-state index contributed by atoms with van der Waals surface area (Å²) in [6, 6.07) is 26.5. The van der Waals surface area contributed by atoms with Crippen LogP contribution in [0.3, 0.4) is 0 Å². The van der Waals surface area contributed by atoms with Crippen molar-refractivity contribution in [1.29, 1.82) is 0 Å². The second-order valence-corrected chi connectivity index (χ2v) is 13.9. The number of fused-ring (bicyclic) bond motifs is 2. The van der Waals surface area contributed by atoms with Crippen LogP contribution in [0.25, 0.3) is 32.7 Å². The minimum atomic E-state index is 0. The van der Waals surface area contributed by atoms with Gasteiger partial charge < -0.3 is 44.6 Å². The summed E-state index contributed by atoms with van der Waals surface area (Å²) >= 11 is 0. The van der Waals surface area contributed by atoms with Gasteiger partial charge in [0.25, 0.3) is 0 Å². The normalized spacial score (nSPS) is 10.8. The zero-order valence-corrected chi connectivity index (χ0v) is 37.7. The first-order valence-corrected chi connectivity index (χ1v) is 18.9. The Hall–Kier alpha value is -3.71. The zero-order valence-electron chi connectivity index (χ0n) is 34.1. The molecule has 0 saturated carbocycles. The monoisotopic (exact) mass is 878 g/mol. The summed E-state index contributed by atoms with van der Waals surface area (Å²) in [5, 5.41) is 12.3. The molecule has 2 aromatic carbocycles. The van der Waals surface area contributed by atoms with E-state index in [4.69, 9.17) is 20.6 Å². The van der Waals surface area contributed by atoms with Crippen LogP contribution in [0, 0.1) is 14.9 Å². The molecular formula is C46H62HfN6. The van der Waals surface area contributed by atoms with Gasteiger partial charge in [0.2, 0.25) is 0 Å². The molecule has 53 heavy (non-hydrogen) atoms. The molecule has 0 fully saturated rings. The molecule has 0 spiro atoms. The van der Waals surface area contributed by atoms with Crippen molar-refractivity contribution in [3.8, 4) is 0 Å². The molecule has 280 valence electrons. The summed E-state index contributed by atoms with van der Waals surface area (Å²) in [6.07, 6.45) is 13.0. The Morgan fingerprint density at radius 3 is 1.09 bits per heavy atom. The molecule has 0 atom stereocenters. The third-order valence-corrected chi connectivity index (χ3v) is 9.15. The van der Waals surface area contributed by atoms with Gasteiger partial charge in [0.1, 0.15) is 0 Å². The van der Waals surface area contributed by atoms with Gasteiger partial charge in [-0.3, -0.25) is 0 Å². The fourth-order valence-corrected chi connectivity index (χ4v) is 6.68. The smallest absolute Gasteiger partial charge is 0.436 e. The van der Waals surface area contributed by atoms with Crippen LogP contribution in [-0.4, -0.2) is 19.1 Å². The summed E-state index contributed by atoms with van der Waals surface area (Å²) in [4.78, 5) is 9.70. The van der Waals surface area contributed by atoms with Crippen LogP contribution >= 0.6 is 0 Å². The van der Waals surface area contributed by atoms with Crippen molar-refractivity contribution in [3.05, 3.63) is 133 Å². The second kappa shape index (κ2) is 21.9. The molecule has 6 aromatic rings. The summed E-state index contributed by atoms with van der Waals surface area (Å²) in [6.45, 7) is 17.6. The molecule has 0 aliphatic rings. The van der Waals surface area contributed by atoms with Gasteiger partial charge in [-0.1, -0.05) is 126 Å². The number of rotatable bonds is 14. The Morgan fingerprint density at radius 2 is 0.811 bits per heavy atom. The molecule has 0 radical (unpaired) electrons. The number of aryl methyl sites for hydroxylation is 4. The van der Waals surface area contributed by atoms with E-state index in [9.17, 15) is 0 Å². The van der Waals surface area contributed by atoms with E-state index >= 15 is 0 Å². The first-order chi connectivity index (χ1) is 24.3. The van der Waals surface area contributed by atoms with Crippen LogP contribution in [-0.2, 0) is 51.5 Å². The van der Waals surface area contributed by atoms with E-state index in [-0.39, 0.29) is 40.7 Å². The zero-order chi connectivity index (χ0) is 35.6. The third-order valence-electron chi connectivity index (χ3n) is 9.15. The van der Waals surface area contributed by atoms with E-state index < -0.39 is 0 Å². The number of pyridine rings is 2. The van der Waals surface area contributed by atoms with Gasteiger partial charge in [0.15, 0.2) is 0 Å². The molecular weight excluding hydrogens is 815 g/mol. The van der Waals surface area contributed by atoms with Crippen molar-refractivity contribution < 1.29 is 25.8 Å². The van der Waals surface area contributed by atoms with Crippen molar-refractivity contribution >= 4 is 45.1 Å².